The number of aromatic carboxylic acids is 1. The third-order valence-corrected chi connectivity index (χ3v) is 7.14. The van der Waals surface area contributed by atoms with Crippen LogP contribution in [0, 0.1) is 0 Å². The number of halogens is 2. The van der Waals surface area contributed by atoms with Gasteiger partial charge in [-0.1, -0.05) is 41.4 Å². The van der Waals surface area contributed by atoms with Crippen molar-refractivity contribution in [2.24, 2.45) is 0 Å². The number of nitrogens with zero attached hydrogens (tertiary/aromatic N) is 1. The largest absolute Gasteiger partial charge is 0.478 e. The molecule has 0 atom stereocenters. The number of thiophene rings is 1. The molecule has 0 saturated heterocycles. The number of rotatable bonds is 5. The lowest BCUT2D eigenvalue weighted by molar-refractivity contribution is 0.0697. The fourth-order valence-corrected chi connectivity index (χ4v) is 5.01. The Kier molecular flexibility index (Phi) is 5.75. The number of hydrogen-bond donors (Lipinski definition) is 1. The minimum atomic E-state index is -1.06. The van der Waals surface area contributed by atoms with Gasteiger partial charge in [-0.3, -0.25) is 4.79 Å². The minimum absolute atomic E-state index is 0.0911. The van der Waals surface area contributed by atoms with E-state index in [2.05, 4.69) is 4.98 Å². The van der Waals surface area contributed by atoms with E-state index in [1.165, 1.54) is 29.6 Å². The van der Waals surface area contributed by atoms with E-state index in [0.29, 0.717) is 36.6 Å². The van der Waals surface area contributed by atoms with Crippen LogP contribution in [0.25, 0.3) is 33.0 Å². The number of benzene rings is 2. The van der Waals surface area contributed by atoms with Crippen LogP contribution < -0.4 is 0 Å². The van der Waals surface area contributed by atoms with Crippen LogP contribution in [0.1, 0.15) is 27.0 Å². The van der Waals surface area contributed by atoms with Gasteiger partial charge in [0.05, 0.1) is 26.2 Å². The summed E-state index contributed by atoms with van der Waals surface area (Å²) in [5, 5.41) is 15.0. The van der Waals surface area contributed by atoms with E-state index >= 15 is 0 Å². The highest BCUT2D eigenvalue weighted by Gasteiger charge is 2.19. The molecule has 0 bridgehead atoms. The van der Waals surface area contributed by atoms with Crippen LogP contribution in [0.3, 0.4) is 0 Å². The molecule has 8 heteroatoms. The van der Waals surface area contributed by atoms with E-state index in [-0.39, 0.29) is 11.3 Å². The molecule has 4 nitrogen and oxygen atoms in total. The standard InChI is InChI=1S/C22H13Cl2NO3S2/c1-11(26)20-15(6-7-29-20)14-4-2-13(8-16(14)22(27)28)21-25-19(10-30-21)12-3-5-17(23)18(24)9-12/h2-10H,1H3,(H,27,28). The Morgan fingerprint density at radius 1 is 0.933 bits per heavy atom. The number of carbonyl (C=O) groups excluding carboxylic acids is 1. The van der Waals surface area contributed by atoms with Gasteiger partial charge in [0, 0.05) is 22.1 Å². The van der Waals surface area contributed by atoms with Crippen LogP contribution in [-0.4, -0.2) is 21.8 Å². The van der Waals surface area contributed by atoms with E-state index in [1.54, 1.807) is 35.7 Å². The van der Waals surface area contributed by atoms with Crippen LogP contribution in [0.15, 0.2) is 53.2 Å². The van der Waals surface area contributed by atoms with Crippen molar-refractivity contribution < 1.29 is 14.7 Å². The first-order valence-corrected chi connectivity index (χ1v) is 11.2. The molecule has 0 amide bonds. The summed E-state index contributed by atoms with van der Waals surface area (Å²) in [5.74, 6) is -1.15. The third-order valence-electron chi connectivity index (χ3n) is 4.49. The number of Topliss-reactive ketones (excluding diaryl/α,β-unsaturated/α-hetero) is 1. The van der Waals surface area contributed by atoms with Crippen molar-refractivity contribution in [3.05, 3.63) is 73.7 Å². The molecule has 0 fully saturated rings. The Morgan fingerprint density at radius 2 is 1.70 bits per heavy atom. The average Bonchev–Trinajstić information content (AvgIpc) is 3.39. The van der Waals surface area contributed by atoms with Crippen LogP contribution in [0.2, 0.25) is 10.0 Å². The monoisotopic (exact) mass is 473 g/mol. The molecular formula is C22H13Cl2NO3S2. The zero-order valence-corrected chi connectivity index (χ0v) is 18.6. The highest BCUT2D eigenvalue weighted by Crippen LogP contribution is 2.36. The van der Waals surface area contributed by atoms with Gasteiger partial charge in [-0.25, -0.2) is 9.78 Å². The smallest absolute Gasteiger partial charge is 0.336 e. The number of carboxylic acid groups (broad SMARTS) is 1. The molecule has 0 aliphatic rings. The van der Waals surface area contributed by atoms with Crippen LogP contribution in [-0.2, 0) is 0 Å². The molecule has 4 rings (SSSR count). The highest BCUT2D eigenvalue weighted by molar-refractivity contribution is 7.13. The summed E-state index contributed by atoms with van der Waals surface area (Å²) in [6, 6.07) is 12.2. The number of ketones is 1. The number of carbonyl (C=O) groups is 2. The van der Waals surface area contributed by atoms with Crippen molar-refractivity contribution in [2.75, 3.05) is 0 Å². The molecule has 150 valence electrons. The van der Waals surface area contributed by atoms with Gasteiger partial charge in [-0.15, -0.1) is 22.7 Å². The molecule has 4 aromatic rings. The second-order valence-electron chi connectivity index (χ2n) is 6.45. The zero-order valence-electron chi connectivity index (χ0n) is 15.5. The molecule has 0 aliphatic heterocycles. The molecule has 0 spiro atoms. The lowest BCUT2D eigenvalue weighted by Crippen LogP contribution is -2.01. The number of hydrogen-bond acceptors (Lipinski definition) is 5. The van der Waals surface area contributed by atoms with Crippen molar-refractivity contribution in [1.29, 1.82) is 0 Å². The Bertz CT molecular complexity index is 1290. The quantitative estimate of drug-likeness (QED) is 0.306. The van der Waals surface area contributed by atoms with Crippen LogP contribution in [0.5, 0.6) is 0 Å². The predicted molar refractivity (Wildman–Crippen MR) is 123 cm³/mol. The third kappa shape index (κ3) is 3.91. The lowest BCUT2D eigenvalue weighted by atomic mass is 9.97. The van der Waals surface area contributed by atoms with Crippen molar-refractivity contribution in [2.45, 2.75) is 6.92 Å². The van der Waals surface area contributed by atoms with E-state index in [9.17, 15) is 14.7 Å². The molecule has 2 aromatic heterocycles. The summed E-state index contributed by atoms with van der Waals surface area (Å²) in [5.41, 5.74) is 3.51. The molecule has 0 radical (unpaired) electrons. The van der Waals surface area contributed by atoms with Crippen molar-refractivity contribution >= 4 is 57.6 Å². The topological polar surface area (TPSA) is 67.3 Å². The summed E-state index contributed by atoms with van der Waals surface area (Å²) in [6.07, 6.45) is 0. The van der Waals surface area contributed by atoms with Crippen LogP contribution in [0.4, 0.5) is 0 Å². The van der Waals surface area contributed by atoms with Crippen molar-refractivity contribution in [3.63, 3.8) is 0 Å². The maximum absolute atomic E-state index is 12.0. The first-order valence-electron chi connectivity index (χ1n) is 8.72. The first-order chi connectivity index (χ1) is 14.3. The summed E-state index contributed by atoms with van der Waals surface area (Å²) >= 11 is 14.8. The number of carboxylic acids is 1. The first kappa shape index (κ1) is 20.8. The molecule has 0 unspecified atom stereocenters. The van der Waals surface area contributed by atoms with Gasteiger partial charge in [0.1, 0.15) is 5.01 Å². The van der Waals surface area contributed by atoms with Crippen molar-refractivity contribution in [1.82, 2.24) is 4.98 Å². The average molecular weight is 474 g/mol. The lowest BCUT2D eigenvalue weighted by Gasteiger charge is -2.08. The maximum atomic E-state index is 12.0. The molecule has 0 saturated carbocycles. The molecule has 1 N–H and O–H groups in total. The van der Waals surface area contributed by atoms with Gasteiger partial charge in [0.15, 0.2) is 5.78 Å². The van der Waals surface area contributed by atoms with Gasteiger partial charge in [0.25, 0.3) is 0 Å². The molecule has 2 aromatic carbocycles. The summed E-state index contributed by atoms with van der Waals surface area (Å²) < 4.78 is 0. The Hall–Kier alpha value is -2.51. The van der Waals surface area contributed by atoms with Crippen LogP contribution >= 0.6 is 45.9 Å². The van der Waals surface area contributed by atoms with Gasteiger partial charge in [0.2, 0.25) is 0 Å². The van der Waals surface area contributed by atoms with E-state index in [4.69, 9.17) is 23.2 Å². The van der Waals surface area contributed by atoms with Gasteiger partial charge < -0.3 is 5.11 Å². The van der Waals surface area contributed by atoms with E-state index in [1.807, 2.05) is 17.5 Å². The minimum Gasteiger partial charge on any atom is -0.478 e. The Morgan fingerprint density at radius 3 is 2.40 bits per heavy atom. The Balaban J connectivity index is 1.76. The second kappa shape index (κ2) is 8.32. The number of aromatic nitrogens is 1. The fourth-order valence-electron chi connectivity index (χ4n) is 3.08. The Labute approximate surface area is 190 Å². The summed E-state index contributed by atoms with van der Waals surface area (Å²) in [4.78, 5) is 29.0. The zero-order chi connectivity index (χ0) is 21.4. The molecular weight excluding hydrogens is 461 g/mol. The van der Waals surface area contributed by atoms with Crippen molar-refractivity contribution in [3.8, 4) is 33.0 Å². The second-order valence-corrected chi connectivity index (χ2v) is 9.04. The molecule has 0 aliphatic carbocycles. The van der Waals surface area contributed by atoms with E-state index < -0.39 is 5.97 Å². The SMILES string of the molecule is CC(=O)c1sccc1-c1ccc(-c2nc(-c3ccc(Cl)c(Cl)c3)cs2)cc1C(=O)O. The summed E-state index contributed by atoms with van der Waals surface area (Å²) in [7, 11) is 0. The fraction of sp³-hybridized carbons (Fsp3) is 0.0455. The van der Waals surface area contributed by atoms with Gasteiger partial charge in [-0.2, -0.15) is 0 Å². The number of thiazole rings is 1. The molecule has 2 heterocycles. The van der Waals surface area contributed by atoms with Gasteiger partial charge >= 0.3 is 5.97 Å². The normalized spacial score (nSPS) is 10.9. The molecule has 30 heavy (non-hydrogen) atoms. The maximum Gasteiger partial charge on any atom is 0.336 e. The van der Waals surface area contributed by atoms with E-state index in [0.717, 1.165) is 11.3 Å². The summed E-state index contributed by atoms with van der Waals surface area (Å²) in [6.45, 7) is 1.48. The predicted octanol–water partition coefficient (Wildman–Crippen LogP) is 7.41. The highest BCUT2D eigenvalue weighted by atomic mass is 35.5. The van der Waals surface area contributed by atoms with Gasteiger partial charge in [-0.05, 0) is 42.1 Å².